The van der Waals surface area contributed by atoms with Gasteiger partial charge in [0.05, 0.1) is 11.8 Å². The molecule has 0 fully saturated rings. The second kappa shape index (κ2) is 7.90. The monoisotopic (exact) mass is 450 g/mol. The van der Waals surface area contributed by atoms with Crippen molar-refractivity contribution in [2.24, 2.45) is 5.84 Å². The zero-order valence-corrected chi connectivity index (χ0v) is 16.6. The van der Waals surface area contributed by atoms with Gasteiger partial charge in [-0.25, -0.2) is 10.9 Å². The molecule has 0 aliphatic carbocycles. The molecular weight excluding hydrogens is 436 g/mol. The molecule has 4 rings (SSSR count). The Morgan fingerprint density at radius 2 is 1.41 bits per heavy atom. The lowest BCUT2D eigenvalue weighted by Crippen LogP contribution is -2.42. The summed E-state index contributed by atoms with van der Waals surface area (Å²) in [5, 5.41) is 0.525. The summed E-state index contributed by atoms with van der Waals surface area (Å²) in [6.07, 6.45) is 2.55. The Hall–Kier alpha value is -3.42. The number of amides is 2. The van der Waals surface area contributed by atoms with Crippen molar-refractivity contribution in [2.45, 2.75) is 0 Å². The van der Waals surface area contributed by atoms with E-state index in [-0.39, 0.29) is 11.3 Å². The minimum absolute atomic E-state index is 0.0405. The van der Waals surface area contributed by atoms with Crippen LogP contribution in [0, 0.1) is 0 Å². The van der Waals surface area contributed by atoms with E-state index in [1.54, 1.807) is 0 Å². The van der Waals surface area contributed by atoms with Gasteiger partial charge in [-0.1, -0.05) is 60.7 Å². The van der Waals surface area contributed by atoms with Gasteiger partial charge in [-0.2, -0.15) is 0 Å². The van der Waals surface area contributed by atoms with Crippen LogP contribution in [-0.4, -0.2) is 16.8 Å². The van der Waals surface area contributed by atoms with Crippen LogP contribution in [0.2, 0.25) is 0 Å². The van der Waals surface area contributed by atoms with Crippen LogP contribution >= 0.6 is 15.9 Å². The molecule has 2 aromatic carbocycles. The summed E-state index contributed by atoms with van der Waals surface area (Å²) in [5.41, 5.74) is 3.02. The Kier molecular flexibility index (Phi) is 5.16. The fraction of sp³-hybridized carbons (Fsp3) is 0. The molecule has 2 amide bonds. The number of rotatable bonds is 4. The number of imide groups is 1. The fourth-order valence-corrected chi connectivity index (χ4v) is 3.61. The van der Waals surface area contributed by atoms with Crippen LogP contribution < -0.4 is 5.84 Å². The van der Waals surface area contributed by atoms with Crippen molar-refractivity contribution >= 4 is 27.7 Å². The fourth-order valence-electron chi connectivity index (χ4n) is 3.02. The number of hydrogen-bond donors (Lipinski definition) is 1. The Morgan fingerprint density at radius 1 is 0.828 bits per heavy atom. The zero-order valence-electron chi connectivity index (χ0n) is 15.0. The van der Waals surface area contributed by atoms with Crippen molar-refractivity contribution in [3.63, 3.8) is 0 Å². The van der Waals surface area contributed by atoms with Gasteiger partial charge in [0.1, 0.15) is 6.26 Å². The number of halogens is 1. The SMILES string of the molecule is NN(C(=O)c1ccoc1)C(=O)c1oc(Br)c(-c2ccccc2)c1-c1ccccc1. The Bertz CT molecular complexity index is 1150. The predicted octanol–water partition coefficient (Wildman–Crippen LogP) is 5.13. The molecule has 0 radical (unpaired) electrons. The van der Waals surface area contributed by atoms with E-state index in [0.29, 0.717) is 20.8 Å². The second-order valence-corrected chi connectivity index (χ2v) is 6.90. The lowest BCUT2D eigenvalue weighted by Gasteiger charge is -2.13. The quantitative estimate of drug-likeness (QED) is 0.201. The molecular formula is C22H15BrN2O4. The van der Waals surface area contributed by atoms with Crippen molar-refractivity contribution in [1.29, 1.82) is 0 Å². The highest BCUT2D eigenvalue weighted by atomic mass is 79.9. The average molecular weight is 451 g/mol. The number of benzene rings is 2. The third-order valence-electron chi connectivity index (χ3n) is 4.39. The molecule has 2 aromatic heterocycles. The first kappa shape index (κ1) is 18.9. The van der Waals surface area contributed by atoms with E-state index in [4.69, 9.17) is 14.7 Å². The molecule has 0 aliphatic heterocycles. The van der Waals surface area contributed by atoms with Gasteiger partial charge in [-0.3, -0.25) is 9.59 Å². The highest BCUT2D eigenvalue weighted by Gasteiger charge is 2.31. The van der Waals surface area contributed by atoms with E-state index in [2.05, 4.69) is 15.9 Å². The molecule has 0 bridgehead atoms. The molecule has 2 N–H and O–H groups in total. The second-order valence-electron chi connectivity index (χ2n) is 6.18. The summed E-state index contributed by atoms with van der Waals surface area (Å²) in [4.78, 5) is 25.6. The van der Waals surface area contributed by atoms with Crippen LogP contribution in [0.4, 0.5) is 0 Å². The lowest BCUT2D eigenvalue weighted by atomic mass is 9.96. The van der Waals surface area contributed by atoms with Crippen molar-refractivity contribution in [3.05, 3.63) is 95.2 Å². The third kappa shape index (κ3) is 3.53. The first-order valence-electron chi connectivity index (χ1n) is 8.66. The Labute approximate surface area is 174 Å². The van der Waals surface area contributed by atoms with E-state index in [1.807, 2.05) is 60.7 Å². The molecule has 0 aliphatic rings. The van der Waals surface area contributed by atoms with Crippen LogP contribution in [0.1, 0.15) is 20.9 Å². The smallest absolute Gasteiger partial charge is 0.311 e. The van der Waals surface area contributed by atoms with Crippen LogP contribution in [-0.2, 0) is 0 Å². The Morgan fingerprint density at radius 3 is 1.97 bits per heavy atom. The summed E-state index contributed by atoms with van der Waals surface area (Å²) in [7, 11) is 0. The van der Waals surface area contributed by atoms with Gasteiger partial charge in [0.15, 0.2) is 4.67 Å². The standard InChI is InChI=1S/C22H15BrN2O4/c23-20-18(15-9-5-2-6-10-15)17(14-7-3-1-4-8-14)19(29-20)22(27)25(24)21(26)16-11-12-28-13-16/h1-13H,24H2. The topological polar surface area (TPSA) is 89.7 Å². The van der Waals surface area contributed by atoms with Gasteiger partial charge < -0.3 is 8.83 Å². The summed E-state index contributed by atoms with van der Waals surface area (Å²) < 4.78 is 11.0. The van der Waals surface area contributed by atoms with Gasteiger partial charge >= 0.3 is 5.91 Å². The maximum Gasteiger partial charge on any atom is 0.311 e. The van der Waals surface area contributed by atoms with Crippen molar-refractivity contribution in [1.82, 2.24) is 5.01 Å². The first-order chi connectivity index (χ1) is 14.1. The molecule has 7 heteroatoms. The summed E-state index contributed by atoms with van der Waals surface area (Å²) >= 11 is 3.42. The zero-order chi connectivity index (χ0) is 20.4. The molecule has 4 aromatic rings. The van der Waals surface area contributed by atoms with Crippen LogP contribution in [0.3, 0.4) is 0 Å². The van der Waals surface area contributed by atoms with Crippen molar-refractivity contribution < 1.29 is 18.4 Å². The summed E-state index contributed by atoms with van der Waals surface area (Å²) in [6.45, 7) is 0. The average Bonchev–Trinajstić information content (AvgIpc) is 3.41. The number of carbonyl (C=O) groups is 2. The molecule has 6 nitrogen and oxygen atoms in total. The molecule has 29 heavy (non-hydrogen) atoms. The number of nitrogens with zero attached hydrogens (tertiary/aromatic N) is 1. The van der Waals surface area contributed by atoms with Gasteiger partial charge in [-0.05, 0) is 33.1 Å². The molecule has 0 spiro atoms. The van der Waals surface area contributed by atoms with Gasteiger partial charge in [0, 0.05) is 11.1 Å². The predicted molar refractivity (Wildman–Crippen MR) is 111 cm³/mol. The minimum atomic E-state index is -0.766. The number of nitrogens with two attached hydrogens (primary N) is 1. The van der Waals surface area contributed by atoms with Crippen LogP contribution in [0.15, 0.2) is 92.8 Å². The van der Waals surface area contributed by atoms with Crippen LogP contribution in [0.25, 0.3) is 22.3 Å². The third-order valence-corrected chi connectivity index (χ3v) is 4.95. The molecule has 0 atom stereocenters. The van der Waals surface area contributed by atoms with E-state index < -0.39 is 11.8 Å². The van der Waals surface area contributed by atoms with Crippen LogP contribution in [0.5, 0.6) is 0 Å². The molecule has 0 unspecified atom stereocenters. The molecule has 2 heterocycles. The molecule has 144 valence electrons. The van der Waals surface area contributed by atoms with E-state index in [9.17, 15) is 9.59 Å². The van der Waals surface area contributed by atoms with E-state index in [0.717, 1.165) is 11.1 Å². The minimum Gasteiger partial charge on any atom is -0.472 e. The Balaban J connectivity index is 1.86. The lowest BCUT2D eigenvalue weighted by molar-refractivity contribution is 0.0595. The largest absolute Gasteiger partial charge is 0.472 e. The number of furan rings is 2. The normalized spacial score (nSPS) is 10.7. The summed E-state index contributed by atoms with van der Waals surface area (Å²) in [6, 6.07) is 20.2. The molecule has 0 saturated carbocycles. The van der Waals surface area contributed by atoms with Gasteiger partial charge in [0.2, 0.25) is 5.76 Å². The number of hydrogen-bond acceptors (Lipinski definition) is 5. The number of hydrazine groups is 1. The highest BCUT2D eigenvalue weighted by molar-refractivity contribution is 9.10. The van der Waals surface area contributed by atoms with Gasteiger partial charge in [0.25, 0.3) is 5.91 Å². The maximum atomic E-state index is 13.1. The van der Waals surface area contributed by atoms with Crippen molar-refractivity contribution in [2.75, 3.05) is 0 Å². The van der Waals surface area contributed by atoms with Crippen molar-refractivity contribution in [3.8, 4) is 22.3 Å². The highest BCUT2D eigenvalue weighted by Crippen LogP contribution is 2.42. The molecule has 0 saturated heterocycles. The van der Waals surface area contributed by atoms with E-state index >= 15 is 0 Å². The first-order valence-corrected chi connectivity index (χ1v) is 9.46. The maximum absolute atomic E-state index is 13.1. The van der Waals surface area contributed by atoms with Gasteiger partial charge in [-0.15, -0.1) is 0 Å². The van der Waals surface area contributed by atoms with E-state index in [1.165, 1.54) is 18.6 Å². The summed E-state index contributed by atoms with van der Waals surface area (Å²) in [5.74, 6) is 4.34. The number of carbonyl (C=O) groups excluding carboxylic acids is 2.